The lowest BCUT2D eigenvalue weighted by Gasteiger charge is -2.10. The van der Waals surface area contributed by atoms with Crippen LogP contribution in [0.1, 0.15) is 6.42 Å². The number of amides is 1. The van der Waals surface area contributed by atoms with E-state index in [1.165, 1.54) is 4.68 Å². The first-order chi connectivity index (χ1) is 9.53. The molecule has 3 rings (SSSR count). The third-order valence-corrected chi connectivity index (χ3v) is 5.08. The van der Waals surface area contributed by atoms with Crippen molar-refractivity contribution in [2.45, 2.75) is 19.0 Å². The van der Waals surface area contributed by atoms with Crippen molar-refractivity contribution in [2.75, 3.05) is 11.5 Å². The molecule has 0 spiro atoms. The molecule has 0 aliphatic carbocycles. The summed E-state index contributed by atoms with van der Waals surface area (Å²) in [5, 5.41) is 10.6. The molecule has 1 aliphatic rings. The molecule has 0 saturated carbocycles. The van der Waals surface area contributed by atoms with Crippen molar-refractivity contribution < 1.29 is 13.2 Å². The molecule has 20 heavy (non-hydrogen) atoms. The quantitative estimate of drug-likeness (QED) is 0.841. The van der Waals surface area contributed by atoms with Gasteiger partial charge in [0.05, 0.1) is 17.0 Å². The van der Waals surface area contributed by atoms with Gasteiger partial charge in [0.15, 0.2) is 9.84 Å². The number of fused-ring (bicyclic) bond motifs is 1. The number of carbonyl (C=O) groups excluding carboxylic acids is 1. The molecule has 1 aromatic heterocycles. The maximum Gasteiger partial charge on any atom is 0.242 e. The summed E-state index contributed by atoms with van der Waals surface area (Å²) in [5.41, 5.74) is 1.51. The Bertz CT molecular complexity index is 753. The predicted molar refractivity (Wildman–Crippen MR) is 72.7 cm³/mol. The first-order valence-corrected chi connectivity index (χ1v) is 8.14. The van der Waals surface area contributed by atoms with Crippen LogP contribution in [0.25, 0.3) is 11.0 Å². The lowest BCUT2D eigenvalue weighted by molar-refractivity contribution is -0.122. The largest absolute Gasteiger partial charge is 0.351 e. The van der Waals surface area contributed by atoms with Gasteiger partial charge in [0.1, 0.15) is 12.1 Å². The number of hydrogen-bond donors (Lipinski definition) is 1. The van der Waals surface area contributed by atoms with Crippen molar-refractivity contribution in [1.82, 2.24) is 20.3 Å². The van der Waals surface area contributed by atoms with Crippen LogP contribution < -0.4 is 5.32 Å². The van der Waals surface area contributed by atoms with Crippen LogP contribution in [0.4, 0.5) is 0 Å². The molecule has 1 N–H and O–H groups in total. The molecule has 1 aromatic carbocycles. The minimum atomic E-state index is -2.99. The van der Waals surface area contributed by atoms with Gasteiger partial charge in [0.25, 0.3) is 0 Å². The van der Waals surface area contributed by atoms with E-state index in [9.17, 15) is 13.2 Å². The smallest absolute Gasteiger partial charge is 0.242 e. The van der Waals surface area contributed by atoms with Crippen LogP contribution in [-0.2, 0) is 21.2 Å². The highest BCUT2D eigenvalue weighted by atomic mass is 32.2. The monoisotopic (exact) mass is 294 g/mol. The van der Waals surface area contributed by atoms with E-state index in [0.717, 1.165) is 11.0 Å². The predicted octanol–water partition coefficient (Wildman–Crippen LogP) is -0.265. The molecule has 1 unspecified atom stereocenters. The third kappa shape index (κ3) is 2.64. The molecule has 1 atom stereocenters. The number of hydrogen-bond acceptors (Lipinski definition) is 5. The van der Waals surface area contributed by atoms with E-state index in [0.29, 0.717) is 6.42 Å². The van der Waals surface area contributed by atoms with Crippen LogP contribution in [0, 0.1) is 0 Å². The number of carbonyl (C=O) groups is 1. The summed E-state index contributed by atoms with van der Waals surface area (Å²) >= 11 is 0. The van der Waals surface area contributed by atoms with Gasteiger partial charge in [-0.1, -0.05) is 17.3 Å². The zero-order valence-corrected chi connectivity index (χ0v) is 11.5. The average molecular weight is 294 g/mol. The fraction of sp³-hybridized carbons (Fsp3) is 0.417. The van der Waals surface area contributed by atoms with E-state index in [1.807, 2.05) is 24.3 Å². The molecular weight excluding hydrogens is 280 g/mol. The Morgan fingerprint density at radius 2 is 2.20 bits per heavy atom. The third-order valence-electron chi connectivity index (χ3n) is 3.31. The SMILES string of the molecule is O=C(Cn1nnc2ccccc21)NC1CCS(=O)(=O)C1. The number of benzene rings is 1. The molecule has 0 radical (unpaired) electrons. The number of aromatic nitrogens is 3. The first kappa shape index (κ1) is 13.0. The minimum Gasteiger partial charge on any atom is -0.351 e. The summed E-state index contributed by atoms with van der Waals surface area (Å²) in [4.78, 5) is 11.9. The molecule has 1 amide bonds. The summed E-state index contributed by atoms with van der Waals surface area (Å²) in [6.07, 6.45) is 0.478. The van der Waals surface area contributed by atoms with Crippen LogP contribution >= 0.6 is 0 Å². The number of rotatable bonds is 3. The highest BCUT2D eigenvalue weighted by molar-refractivity contribution is 7.91. The van der Waals surface area contributed by atoms with Crippen molar-refractivity contribution in [3.05, 3.63) is 24.3 Å². The fourth-order valence-electron chi connectivity index (χ4n) is 2.35. The molecular formula is C12H14N4O3S. The minimum absolute atomic E-state index is 0.0246. The van der Waals surface area contributed by atoms with Crippen molar-refractivity contribution in [2.24, 2.45) is 0 Å². The Balaban J connectivity index is 1.67. The molecule has 2 heterocycles. The number of nitrogens with one attached hydrogen (secondary N) is 1. The fourth-order valence-corrected chi connectivity index (χ4v) is 4.03. The van der Waals surface area contributed by atoms with Crippen molar-refractivity contribution in [3.8, 4) is 0 Å². The molecule has 1 fully saturated rings. The highest BCUT2D eigenvalue weighted by Crippen LogP contribution is 2.12. The van der Waals surface area contributed by atoms with Crippen molar-refractivity contribution in [3.63, 3.8) is 0 Å². The van der Waals surface area contributed by atoms with Gasteiger partial charge in [0, 0.05) is 6.04 Å². The van der Waals surface area contributed by atoms with Crippen LogP contribution in [0.5, 0.6) is 0 Å². The zero-order chi connectivity index (χ0) is 14.2. The Morgan fingerprint density at radius 1 is 1.40 bits per heavy atom. The Kier molecular flexibility index (Phi) is 3.17. The van der Waals surface area contributed by atoms with Crippen molar-refractivity contribution in [1.29, 1.82) is 0 Å². The van der Waals surface area contributed by atoms with Gasteiger partial charge in [-0.15, -0.1) is 5.10 Å². The maximum atomic E-state index is 11.9. The van der Waals surface area contributed by atoms with Crippen LogP contribution in [-0.4, -0.2) is 46.9 Å². The van der Waals surface area contributed by atoms with E-state index < -0.39 is 9.84 Å². The highest BCUT2D eigenvalue weighted by Gasteiger charge is 2.28. The first-order valence-electron chi connectivity index (χ1n) is 6.31. The molecule has 8 heteroatoms. The summed E-state index contributed by atoms with van der Waals surface area (Å²) in [5.74, 6) is -0.0797. The van der Waals surface area contributed by atoms with Gasteiger partial charge in [-0.25, -0.2) is 13.1 Å². The van der Waals surface area contributed by atoms with Crippen LogP contribution in [0.3, 0.4) is 0 Å². The number of nitrogens with zero attached hydrogens (tertiary/aromatic N) is 3. The van der Waals surface area contributed by atoms with Gasteiger partial charge < -0.3 is 5.32 Å². The maximum absolute atomic E-state index is 11.9. The van der Waals surface area contributed by atoms with Gasteiger partial charge in [0.2, 0.25) is 5.91 Å². The standard InChI is InChI=1S/C12H14N4O3S/c17-12(13-9-5-6-20(18,19)8-9)7-16-11-4-2-1-3-10(11)14-15-16/h1-4,9H,5-8H2,(H,13,17). The lowest BCUT2D eigenvalue weighted by Crippen LogP contribution is -2.37. The van der Waals surface area contributed by atoms with Crippen LogP contribution in [0.2, 0.25) is 0 Å². The van der Waals surface area contributed by atoms with Gasteiger partial charge in [-0.2, -0.15) is 0 Å². The molecule has 106 valence electrons. The zero-order valence-electron chi connectivity index (χ0n) is 10.7. The molecule has 0 bridgehead atoms. The summed E-state index contributed by atoms with van der Waals surface area (Å²) in [6.45, 7) is 0.0388. The Labute approximate surface area is 115 Å². The van der Waals surface area contributed by atoms with E-state index in [1.54, 1.807) is 0 Å². The second-order valence-electron chi connectivity index (χ2n) is 4.90. The normalized spacial score (nSPS) is 21.1. The molecule has 1 aliphatic heterocycles. The van der Waals surface area contributed by atoms with Gasteiger partial charge in [-0.3, -0.25) is 4.79 Å². The molecule has 2 aromatic rings. The van der Waals surface area contributed by atoms with Gasteiger partial charge >= 0.3 is 0 Å². The van der Waals surface area contributed by atoms with E-state index in [-0.39, 0.29) is 30.0 Å². The molecule has 7 nitrogen and oxygen atoms in total. The van der Waals surface area contributed by atoms with Gasteiger partial charge in [-0.05, 0) is 18.6 Å². The lowest BCUT2D eigenvalue weighted by atomic mass is 10.2. The number of para-hydroxylation sites is 1. The number of sulfone groups is 1. The topological polar surface area (TPSA) is 93.9 Å². The summed E-state index contributed by atoms with van der Waals surface area (Å²) < 4.78 is 24.2. The second-order valence-corrected chi connectivity index (χ2v) is 7.13. The average Bonchev–Trinajstić information content (AvgIpc) is 2.94. The van der Waals surface area contributed by atoms with E-state index >= 15 is 0 Å². The molecule has 1 saturated heterocycles. The van der Waals surface area contributed by atoms with Crippen LogP contribution in [0.15, 0.2) is 24.3 Å². The van der Waals surface area contributed by atoms with Crippen molar-refractivity contribution >= 4 is 26.8 Å². The Hall–Kier alpha value is -1.96. The Morgan fingerprint density at radius 3 is 2.95 bits per heavy atom. The summed E-state index contributed by atoms with van der Waals surface area (Å²) in [6, 6.07) is 7.07. The second kappa shape index (κ2) is 4.86. The summed E-state index contributed by atoms with van der Waals surface area (Å²) in [7, 11) is -2.99. The van der Waals surface area contributed by atoms with E-state index in [4.69, 9.17) is 0 Å². The van der Waals surface area contributed by atoms with E-state index in [2.05, 4.69) is 15.6 Å².